The van der Waals surface area contributed by atoms with Crippen molar-refractivity contribution in [2.24, 2.45) is 4.99 Å². The molecule has 0 aliphatic heterocycles. The van der Waals surface area contributed by atoms with Crippen LogP contribution in [0.5, 0.6) is 0 Å². The van der Waals surface area contributed by atoms with Crippen molar-refractivity contribution >= 4 is 35.6 Å². The molecular weight excluding hydrogens is 205 g/mol. The molecule has 68 valence electrons. The third-order valence-corrected chi connectivity index (χ3v) is 2.21. The van der Waals surface area contributed by atoms with Crippen molar-refractivity contribution in [3.8, 4) is 0 Å². The number of allylic oxidation sites excluding steroid dienone is 1. The monoisotopic (exact) mass is 213 g/mol. The molecule has 0 aliphatic carbocycles. The molecule has 13 heavy (non-hydrogen) atoms. The van der Waals surface area contributed by atoms with Gasteiger partial charge in [0.15, 0.2) is 0 Å². The predicted octanol–water partition coefficient (Wildman–Crippen LogP) is 4.05. The Morgan fingerprint density at radius 3 is 2.69 bits per heavy atom. The second-order valence-electron chi connectivity index (χ2n) is 2.46. The molecule has 0 bridgehead atoms. The van der Waals surface area contributed by atoms with Crippen molar-refractivity contribution in [2.75, 3.05) is 0 Å². The van der Waals surface area contributed by atoms with Gasteiger partial charge in [0, 0.05) is 10.6 Å². The second-order valence-corrected chi connectivity index (χ2v) is 3.30. The number of halogens is 2. The van der Waals surface area contributed by atoms with Gasteiger partial charge in [0.05, 0.1) is 10.7 Å². The Bertz CT molecular complexity index is 356. The van der Waals surface area contributed by atoms with Crippen LogP contribution in [0.1, 0.15) is 12.5 Å². The SMILES string of the molecule is C=NC(=CC)c1cc(Cl)ccc1Cl. The molecule has 0 amide bonds. The zero-order chi connectivity index (χ0) is 9.84. The maximum absolute atomic E-state index is 5.96. The third-order valence-electron chi connectivity index (χ3n) is 1.65. The van der Waals surface area contributed by atoms with Crippen molar-refractivity contribution in [1.82, 2.24) is 0 Å². The first-order chi connectivity index (χ1) is 6.19. The van der Waals surface area contributed by atoms with Gasteiger partial charge in [-0.25, -0.2) is 0 Å². The fourth-order valence-electron chi connectivity index (χ4n) is 1.03. The van der Waals surface area contributed by atoms with Gasteiger partial charge in [0.1, 0.15) is 0 Å². The van der Waals surface area contributed by atoms with Crippen molar-refractivity contribution in [3.05, 3.63) is 39.9 Å². The van der Waals surface area contributed by atoms with Gasteiger partial charge in [-0.2, -0.15) is 0 Å². The Balaban J connectivity index is 3.27. The lowest BCUT2D eigenvalue weighted by molar-refractivity contribution is 1.50. The van der Waals surface area contributed by atoms with Crippen LogP contribution in [0.4, 0.5) is 0 Å². The molecule has 0 heterocycles. The van der Waals surface area contributed by atoms with Crippen molar-refractivity contribution in [1.29, 1.82) is 0 Å². The lowest BCUT2D eigenvalue weighted by atomic mass is 10.1. The normalized spacial score (nSPS) is 11.5. The minimum atomic E-state index is 0.630. The molecule has 1 aromatic rings. The average Bonchev–Trinajstić information content (AvgIpc) is 2.13. The summed E-state index contributed by atoms with van der Waals surface area (Å²) in [6.45, 7) is 5.34. The summed E-state index contributed by atoms with van der Waals surface area (Å²) in [6, 6.07) is 5.26. The highest BCUT2D eigenvalue weighted by molar-refractivity contribution is 6.34. The van der Waals surface area contributed by atoms with Gasteiger partial charge in [0.2, 0.25) is 0 Å². The highest BCUT2D eigenvalue weighted by atomic mass is 35.5. The molecule has 0 radical (unpaired) electrons. The zero-order valence-electron chi connectivity index (χ0n) is 7.22. The molecule has 0 spiro atoms. The van der Waals surface area contributed by atoms with Crippen LogP contribution >= 0.6 is 23.2 Å². The van der Waals surface area contributed by atoms with Crippen LogP contribution in [-0.2, 0) is 0 Å². The van der Waals surface area contributed by atoms with Crippen LogP contribution in [0.2, 0.25) is 10.0 Å². The summed E-state index contributed by atoms with van der Waals surface area (Å²) < 4.78 is 0. The highest BCUT2D eigenvalue weighted by Gasteiger charge is 2.04. The number of benzene rings is 1. The van der Waals surface area contributed by atoms with Crippen molar-refractivity contribution in [3.63, 3.8) is 0 Å². The van der Waals surface area contributed by atoms with Gasteiger partial charge in [-0.15, -0.1) is 0 Å². The van der Waals surface area contributed by atoms with E-state index in [1.165, 1.54) is 0 Å². The Morgan fingerprint density at radius 2 is 2.15 bits per heavy atom. The van der Waals surface area contributed by atoms with Gasteiger partial charge in [-0.1, -0.05) is 29.3 Å². The first kappa shape index (κ1) is 10.3. The molecule has 0 aromatic heterocycles. The minimum absolute atomic E-state index is 0.630. The van der Waals surface area contributed by atoms with E-state index in [-0.39, 0.29) is 0 Å². The van der Waals surface area contributed by atoms with Crippen LogP contribution in [0, 0.1) is 0 Å². The Hall–Kier alpha value is -0.790. The second kappa shape index (κ2) is 4.45. The van der Waals surface area contributed by atoms with E-state index < -0.39 is 0 Å². The van der Waals surface area contributed by atoms with Gasteiger partial charge in [0.25, 0.3) is 0 Å². The van der Waals surface area contributed by atoms with E-state index >= 15 is 0 Å². The Labute approximate surface area is 87.7 Å². The summed E-state index contributed by atoms with van der Waals surface area (Å²) in [5.41, 5.74) is 1.55. The lowest BCUT2D eigenvalue weighted by Gasteiger charge is -2.03. The number of nitrogens with zero attached hydrogens (tertiary/aromatic N) is 1. The van der Waals surface area contributed by atoms with E-state index in [0.717, 1.165) is 11.3 Å². The molecule has 0 N–H and O–H groups in total. The molecule has 3 heteroatoms. The molecule has 0 atom stereocenters. The molecular formula is C10H9Cl2N. The summed E-state index contributed by atoms with van der Waals surface area (Å²) in [5.74, 6) is 0. The van der Waals surface area contributed by atoms with Gasteiger partial charge in [-0.05, 0) is 31.8 Å². The number of aliphatic imine (C=N–C) groups is 1. The number of rotatable bonds is 2. The standard InChI is InChI=1S/C10H9Cl2N/c1-3-10(13-2)8-6-7(11)4-5-9(8)12/h3-6H,2H2,1H3. The lowest BCUT2D eigenvalue weighted by Crippen LogP contribution is -1.82. The zero-order valence-corrected chi connectivity index (χ0v) is 8.73. The molecule has 1 rings (SSSR count). The summed E-state index contributed by atoms with van der Waals surface area (Å²) in [4.78, 5) is 3.85. The largest absolute Gasteiger partial charge is 0.264 e. The third kappa shape index (κ3) is 2.33. The number of hydrogen-bond acceptors (Lipinski definition) is 1. The molecule has 1 aromatic carbocycles. The first-order valence-corrected chi connectivity index (χ1v) is 4.53. The van der Waals surface area contributed by atoms with Crippen LogP contribution in [0.25, 0.3) is 5.70 Å². The van der Waals surface area contributed by atoms with E-state index in [1.807, 2.05) is 13.0 Å². The average molecular weight is 214 g/mol. The maximum Gasteiger partial charge on any atom is 0.0667 e. The smallest absolute Gasteiger partial charge is 0.0667 e. The molecule has 0 aliphatic rings. The minimum Gasteiger partial charge on any atom is -0.264 e. The summed E-state index contributed by atoms with van der Waals surface area (Å²) in [6.07, 6.45) is 1.84. The molecule has 0 saturated carbocycles. The summed E-state index contributed by atoms with van der Waals surface area (Å²) in [5, 5.41) is 1.27. The highest BCUT2D eigenvalue weighted by Crippen LogP contribution is 2.27. The fraction of sp³-hybridized carbons (Fsp3) is 0.100. The van der Waals surface area contributed by atoms with Crippen LogP contribution in [-0.4, -0.2) is 6.72 Å². The summed E-state index contributed by atoms with van der Waals surface area (Å²) in [7, 11) is 0. The fourth-order valence-corrected chi connectivity index (χ4v) is 1.41. The van der Waals surface area contributed by atoms with E-state index in [1.54, 1.807) is 18.2 Å². The van der Waals surface area contributed by atoms with Crippen LogP contribution < -0.4 is 0 Å². The quantitative estimate of drug-likeness (QED) is 0.658. The first-order valence-electron chi connectivity index (χ1n) is 3.77. The Morgan fingerprint density at radius 1 is 1.46 bits per heavy atom. The Kier molecular flexibility index (Phi) is 3.52. The van der Waals surface area contributed by atoms with Crippen LogP contribution in [0.15, 0.2) is 29.3 Å². The van der Waals surface area contributed by atoms with Crippen molar-refractivity contribution in [2.45, 2.75) is 6.92 Å². The van der Waals surface area contributed by atoms with Crippen molar-refractivity contribution < 1.29 is 0 Å². The van der Waals surface area contributed by atoms with Gasteiger partial charge < -0.3 is 0 Å². The van der Waals surface area contributed by atoms with E-state index in [0.29, 0.717) is 10.0 Å². The predicted molar refractivity (Wildman–Crippen MR) is 59.7 cm³/mol. The summed E-state index contributed by atoms with van der Waals surface area (Å²) >= 11 is 11.8. The molecule has 1 nitrogen and oxygen atoms in total. The molecule has 0 saturated heterocycles. The maximum atomic E-state index is 5.96. The number of hydrogen-bond donors (Lipinski definition) is 0. The van der Waals surface area contributed by atoms with E-state index in [2.05, 4.69) is 11.7 Å². The van der Waals surface area contributed by atoms with Gasteiger partial charge >= 0.3 is 0 Å². The molecule has 0 unspecified atom stereocenters. The van der Waals surface area contributed by atoms with E-state index in [9.17, 15) is 0 Å². The van der Waals surface area contributed by atoms with Gasteiger partial charge in [-0.3, -0.25) is 4.99 Å². The molecule has 0 fully saturated rings. The van der Waals surface area contributed by atoms with Crippen LogP contribution in [0.3, 0.4) is 0 Å². The van der Waals surface area contributed by atoms with E-state index in [4.69, 9.17) is 23.2 Å². The topological polar surface area (TPSA) is 12.4 Å².